The van der Waals surface area contributed by atoms with Crippen molar-refractivity contribution in [3.63, 3.8) is 0 Å². The first-order valence-corrected chi connectivity index (χ1v) is 4.70. The van der Waals surface area contributed by atoms with E-state index in [9.17, 15) is 4.79 Å². The molecule has 3 nitrogen and oxygen atoms in total. The van der Waals surface area contributed by atoms with Gasteiger partial charge in [-0.2, -0.15) is 0 Å². The average Bonchev–Trinajstić information content (AvgIpc) is 2.61. The van der Waals surface area contributed by atoms with Crippen LogP contribution < -0.4 is 0 Å². The van der Waals surface area contributed by atoms with E-state index in [4.69, 9.17) is 4.42 Å². The molecule has 0 aliphatic carbocycles. The fourth-order valence-electron chi connectivity index (χ4n) is 1.43. The Balaban J connectivity index is 2.52. The van der Waals surface area contributed by atoms with Gasteiger partial charge in [0.15, 0.2) is 17.9 Å². The van der Waals surface area contributed by atoms with E-state index in [0.29, 0.717) is 23.6 Å². The fraction of sp³-hybridized carbons (Fsp3) is 0.167. The maximum Gasteiger partial charge on any atom is 0.192 e. The molecule has 0 radical (unpaired) electrons. The third-order valence-electron chi connectivity index (χ3n) is 2.19. The highest BCUT2D eigenvalue weighted by molar-refractivity contribution is 5.82. The molecule has 0 amide bonds. The summed E-state index contributed by atoms with van der Waals surface area (Å²) in [5.74, 6) is 1.05. The average molecular weight is 201 g/mol. The normalized spacial score (nSPS) is 10.3. The van der Waals surface area contributed by atoms with Crippen LogP contribution in [0.5, 0.6) is 0 Å². The zero-order chi connectivity index (χ0) is 10.8. The van der Waals surface area contributed by atoms with E-state index < -0.39 is 0 Å². The maximum atomic E-state index is 10.8. The lowest BCUT2D eigenvalue weighted by atomic mass is 10.1. The molecule has 0 aliphatic heterocycles. The highest BCUT2D eigenvalue weighted by Crippen LogP contribution is 2.23. The molecule has 2 rings (SSSR count). The van der Waals surface area contributed by atoms with Crippen molar-refractivity contribution >= 4 is 6.29 Å². The van der Waals surface area contributed by atoms with E-state index >= 15 is 0 Å². The first-order chi connectivity index (χ1) is 7.20. The van der Waals surface area contributed by atoms with Crippen molar-refractivity contribution in [1.29, 1.82) is 0 Å². The van der Waals surface area contributed by atoms with Crippen LogP contribution in [0.2, 0.25) is 0 Å². The number of oxazole rings is 1. The third-order valence-corrected chi connectivity index (χ3v) is 2.19. The van der Waals surface area contributed by atoms with Gasteiger partial charge in [0.2, 0.25) is 0 Å². The van der Waals surface area contributed by atoms with Crippen LogP contribution >= 0.6 is 0 Å². The lowest BCUT2D eigenvalue weighted by Gasteiger charge is -1.97. The number of carbonyl (C=O) groups excluding carboxylic acids is 1. The van der Waals surface area contributed by atoms with E-state index in [1.807, 2.05) is 31.2 Å². The summed E-state index contributed by atoms with van der Waals surface area (Å²) in [6.07, 6.45) is 0.714. The van der Waals surface area contributed by atoms with Crippen LogP contribution in [0, 0.1) is 13.8 Å². The molecular weight excluding hydrogens is 190 g/mol. The number of rotatable bonds is 2. The van der Waals surface area contributed by atoms with Crippen molar-refractivity contribution in [2.45, 2.75) is 13.8 Å². The molecule has 0 saturated carbocycles. The summed E-state index contributed by atoms with van der Waals surface area (Å²) in [5, 5.41) is 0. The summed E-state index contributed by atoms with van der Waals surface area (Å²) in [6, 6.07) is 7.79. The van der Waals surface area contributed by atoms with Crippen molar-refractivity contribution in [2.75, 3.05) is 0 Å². The minimum absolute atomic E-state index is 0.358. The van der Waals surface area contributed by atoms with E-state index in [1.165, 1.54) is 5.56 Å². The molecular formula is C12H11NO2. The van der Waals surface area contributed by atoms with Gasteiger partial charge in [0.25, 0.3) is 0 Å². The number of benzene rings is 1. The molecule has 1 heterocycles. The van der Waals surface area contributed by atoms with E-state index in [1.54, 1.807) is 6.92 Å². The van der Waals surface area contributed by atoms with Crippen LogP contribution in [0.15, 0.2) is 28.7 Å². The second-order valence-corrected chi connectivity index (χ2v) is 3.43. The lowest BCUT2D eigenvalue weighted by Crippen LogP contribution is -1.84. The second kappa shape index (κ2) is 3.69. The van der Waals surface area contributed by atoms with Gasteiger partial charge in [0.05, 0.1) is 0 Å². The van der Waals surface area contributed by atoms with Crippen molar-refractivity contribution in [3.05, 3.63) is 41.4 Å². The Morgan fingerprint density at radius 1 is 1.20 bits per heavy atom. The monoisotopic (exact) mass is 201 g/mol. The van der Waals surface area contributed by atoms with Gasteiger partial charge in [-0.05, 0) is 6.92 Å². The summed E-state index contributed by atoms with van der Waals surface area (Å²) in [7, 11) is 0. The van der Waals surface area contributed by atoms with Crippen LogP contribution in [-0.4, -0.2) is 11.3 Å². The second-order valence-electron chi connectivity index (χ2n) is 3.43. The minimum atomic E-state index is 0.358. The molecule has 76 valence electrons. The van der Waals surface area contributed by atoms with Gasteiger partial charge >= 0.3 is 0 Å². The van der Waals surface area contributed by atoms with Crippen molar-refractivity contribution in [3.8, 4) is 11.3 Å². The first kappa shape index (κ1) is 9.65. The van der Waals surface area contributed by atoms with Gasteiger partial charge < -0.3 is 4.42 Å². The molecule has 2 aromatic rings. The molecule has 0 unspecified atom stereocenters. The van der Waals surface area contributed by atoms with Gasteiger partial charge in [-0.25, -0.2) is 4.98 Å². The Hall–Kier alpha value is -1.90. The summed E-state index contributed by atoms with van der Waals surface area (Å²) in [4.78, 5) is 14.8. The summed E-state index contributed by atoms with van der Waals surface area (Å²) in [5.41, 5.74) is 2.40. The molecule has 0 fully saturated rings. The quantitative estimate of drug-likeness (QED) is 0.701. The predicted octanol–water partition coefficient (Wildman–Crippen LogP) is 2.77. The van der Waals surface area contributed by atoms with Gasteiger partial charge in [-0.3, -0.25) is 4.79 Å². The van der Waals surface area contributed by atoms with Gasteiger partial charge in [0, 0.05) is 12.5 Å². The standard InChI is InChI=1S/C12H11NO2/c1-8-3-5-10(6-4-8)12-11(7-14)13-9(2)15-12/h3-7H,1-2H3. The third kappa shape index (κ3) is 1.81. The Morgan fingerprint density at radius 3 is 2.47 bits per heavy atom. The van der Waals surface area contributed by atoms with Gasteiger partial charge in [-0.1, -0.05) is 29.8 Å². The summed E-state index contributed by atoms with van der Waals surface area (Å²) < 4.78 is 5.39. The van der Waals surface area contributed by atoms with Crippen LogP contribution in [0.3, 0.4) is 0 Å². The highest BCUT2D eigenvalue weighted by atomic mass is 16.4. The summed E-state index contributed by atoms with van der Waals surface area (Å²) in [6.45, 7) is 3.74. The number of hydrogen-bond donors (Lipinski definition) is 0. The number of carbonyl (C=O) groups is 1. The minimum Gasteiger partial charge on any atom is -0.440 e. The number of aromatic nitrogens is 1. The molecule has 0 N–H and O–H groups in total. The number of nitrogens with zero attached hydrogens (tertiary/aromatic N) is 1. The molecule has 0 aliphatic rings. The van der Waals surface area contributed by atoms with Gasteiger partial charge in [0.1, 0.15) is 5.69 Å². The number of hydrogen-bond acceptors (Lipinski definition) is 3. The Morgan fingerprint density at radius 2 is 1.87 bits per heavy atom. The topological polar surface area (TPSA) is 43.1 Å². The predicted molar refractivity (Wildman–Crippen MR) is 56.8 cm³/mol. The Bertz CT molecular complexity index is 483. The Kier molecular flexibility index (Phi) is 2.37. The van der Waals surface area contributed by atoms with Crippen LogP contribution in [0.1, 0.15) is 21.9 Å². The Labute approximate surface area is 87.8 Å². The van der Waals surface area contributed by atoms with E-state index in [-0.39, 0.29) is 0 Å². The SMILES string of the molecule is Cc1ccc(-c2oc(C)nc2C=O)cc1. The van der Waals surface area contributed by atoms with E-state index in [2.05, 4.69) is 4.98 Å². The van der Waals surface area contributed by atoms with Crippen molar-refractivity contribution in [2.24, 2.45) is 0 Å². The van der Waals surface area contributed by atoms with Crippen LogP contribution in [0.4, 0.5) is 0 Å². The molecule has 15 heavy (non-hydrogen) atoms. The molecule has 0 saturated heterocycles. The molecule has 0 atom stereocenters. The fourth-order valence-corrected chi connectivity index (χ4v) is 1.43. The molecule has 0 bridgehead atoms. The zero-order valence-corrected chi connectivity index (χ0v) is 8.65. The lowest BCUT2D eigenvalue weighted by molar-refractivity contribution is 0.111. The number of aryl methyl sites for hydroxylation is 2. The largest absolute Gasteiger partial charge is 0.440 e. The molecule has 3 heteroatoms. The first-order valence-electron chi connectivity index (χ1n) is 4.70. The van der Waals surface area contributed by atoms with Crippen molar-refractivity contribution in [1.82, 2.24) is 4.98 Å². The zero-order valence-electron chi connectivity index (χ0n) is 8.65. The summed E-state index contributed by atoms with van der Waals surface area (Å²) >= 11 is 0. The van der Waals surface area contributed by atoms with Crippen molar-refractivity contribution < 1.29 is 9.21 Å². The highest BCUT2D eigenvalue weighted by Gasteiger charge is 2.11. The number of aldehydes is 1. The van der Waals surface area contributed by atoms with Gasteiger partial charge in [-0.15, -0.1) is 0 Å². The molecule has 1 aromatic carbocycles. The van der Waals surface area contributed by atoms with Crippen LogP contribution in [0.25, 0.3) is 11.3 Å². The smallest absolute Gasteiger partial charge is 0.192 e. The maximum absolute atomic E-state index is 10.8. The van der Waals surface area contributed by atoms with Crippen LogP contribution in [-0.2, 0) is 0 Å². The molecule has 0 spiro atoms. The van der Waals surface area contributed by atoms with E-state index in [0.717, 1.165) is 5.56 Å². The molecule has 1 aromatic heterocycles.